The molecule has 0 fully saturated rings. The Hall–Kier alpha value is -0.621. The first-order valence-corrected chi connectivity index (χ1v) is 8.06. The van der Waals surface area contributed by atoms with Crippen molar-refractivity contribution in [2.75, 3.05) is 0 Å². The van der Waals surface area contributed by atoms with Crippen LogP contribution in [-0.2, 0) is 36.4 Å². The third-order valence-electron chi connectivity index (χ3n) is 3.20. The van der Waals surface area contributed by atoms with E-state index in [1.165, 1.54) is 0 Å². The van der Waals surface area contributed by atoms with E-state index in [-0.39, 0.29) is 27.9 Å². The fourth-order valence-electron chi connectivity index (χ4n) is 3.02. The summed E-state index contributed by atoms with van der Waals surface area (Å²) in [6.45, 7) is 19.0. The predicted molar refractivity (Wildman–Crippen MR) is 87.9 cm³/mol. The third kappa shape index (κ3) is 14.3. The minimum absolute atomic E-state index is 0. The van der Waals surface area contributed by atoms with Crippen molar-refractivity contribution in [2.24, 2.45) is 21.7 Å². The van der Waals surface area contributed by atoms with Crippen molar-refractivity contribution in [2.45, 2.75) is 82.1 Å². The summed E-state index contributed by atoms with van der Waals surface area (Å²) in [6, 6.07) is 0. The van der Waals surface area contributed by atoms with Gasteiger partial charge >= 0.3 is 29.0 Å². The van der Waals surface area contributed by atoms with Gasteiger partial charge in [-0.2, -0.15) is 0 Å². The average Bonchev–Trinajstić information content (AvgIpc) is 2.31. The fraction of sp³-hybridized carbons (Fsp3) is 0.889. The topological polar surface area (TPSA) is 98.7 Å². The molecule has 0 aromatic carbocycles. The summed E-state index contributed by atoms with van der Waals surface area (Å²) in [4.78, 5) is 28.9. The smallest absolute Gasteiger partial charge is 0.662 e. The van der Waals surface area contributed by atoms with Crippen molar-refractivity contribution < 1.29 is 46.9 Å². The predicted octanol–water partition coefficient (Wildman–Crippen LogP) is 2.53. The van der Waals surface area contributed by atoms with Crippen LogP contribution in [0.4, 0.5) is 0 Å². The van der Waals surface area contributed by atoms with E-state index in [1.54, 1.807) is 27.7 Å². The zero-order valence-corrected chi connectivity index (χ0v) is 18.3. The zero-order chi connectivity index (χ0) is 20.0. The van der Waals surface area contributed by atoms with Gasteiger partial charge in [0.15, 0.2) is 0 Å². The molecule has 0 rings (SSSR count). The van der Waals surface area contributed by atoms with Gasteiger partial charge in [-0.05, 0) is 51.4 Å². The van der Waals surface area contributed by atoms with Crippen LogP contribution in [0.2, 0.25) is 0 Å². The Balaban J connectivity index is -0.000000372. The van der Waals surface area contributed by atoms with Gasteiger partial charge in [0.25, 0.3) is 0 Å². The van der Waals surface area contributed by atoms with Gasteiger partial charge in [-0.1, -0.05) is 41.5 Å². The van der Waals surface area contributed by atoms with Gasteiger partial charge in [-0.25, -0.2) is 0 Å². The number of rotatable bonds is 4. The van der Waals surface area contributed by atoms with Crippen LogP contribution in [0, 0.1) is 21.7 Å². The molecule has 0 heterocycles. The molecule has 0 amide bonds. The minimum atomic E-state index is -0.683. The molecule has 150 valence electrons. The van der Waals surface area contributed by atoms with Crippen LogP contribution >= 0.6 is 0 Å². The maximum absolute atomic E-state index is 11.0. The molecular weight excluding hydrogens is 368 g/mol. The van der Waals surface area contributed by atoms with E-state index in [0.29, 0.717) is 12.8 Å². The maximum Gasteiger partial charge on any atom is 2.00 e. The standard InChI is InChI=1S/2C9H18O3.Fe/c2*1-8(2,3)6-9(4,5)7(10)12-11;/h2*11H,6H2,1-5H3;/q;;+2/p-2. The molecule has 0 radical (unpaired) electrons. The molecule has 0 aromatic heterocycles. The quantitative estimate of drug-likeness (QED) is 0.407. The summed E-state index contributed by atoms with van der Waals surface area (Å²) in [7, 11) is 0. The van der Waals surface area contributed by atoms with E-state index in [4.69, 9.17) is 0 Å². The molecule has 0 saturated heterocycles. The second kappa shape index (κ2) is 10.5. The fourth-order valence-corrected chi connectivity index (χ4v) is 3.02. The molecule has 0 spiro atoms. The summed E-state index contributed by atoms with van der Waals surface area (Å²) in [5.74, 6) is -1.37. The van der Waals surface area contributed by atoms with Crippen molar-refractivity contribution in [1.29, 1.82) is 0 Å². The first kappa shape index (κ1) is 29.2. The van der Waals surface area contributed by atoms with Gasteiger partial charge in [0.05, 0.1) is 10.8 Å². The van der Waals surface area contributed by atoms with E-state index >= 15 is 0 Å². The van der Waals surface area contributed by atoms with Crippen molar-refractivity contribution >= 4 is 11.9 Å². The molecule has 0 aliphatic heterocycles. The van der Waals surface area contributed by atoms with Crippen LogP contribution in [0.1, 0.15) is 82.1 Å². The number of carbonyl (C=O) groups excluding carboxylic acids is 2. The van der Waals surface area contributed by atoms with E-state index in [2.05, 4.69) is 9.78 Å². The van der Waals surface area contributed by atoms with Crippen molar-refractivity contribution in [3.05, 3.63) is 0 Å². The monoisotopic (exact) mass is 402 g/mol. The van der Waals surface area contributed by atoms with Crippen LogP contribution in [0.3, 0.4) is 0 Å². The summed E-state index contributed by atoms with van der Waals surface area (Å²) >= 11 is 0. The van der Waals surface area contributed by atoms with Gasteiger partial charge in [-0.3, -0.25) is 9.59 Å². The first-order chi connectivity index (χ1) is 10.4. The molecule has 0 N–H and O–H groups in total. The van der Waals surface area contributed by atoms with Gasteiger partial charge in [-0.15, -0.1) is 0 Å². The van der Waals surface area contributed by atoms with Gasteiger partial charge in [0.2, 0.25) is 0 Å². The summed E-state index contributed by atoms with van der Waals surface area (Å²) in [5, 5.41) is 19.8. The van der Waals surface area contributed by atoms with Crippen molar-refractivity contribution in [3.8, 4) is 0 Å². The van der Waals surface area contributed by atoms with Gasteiger partial charge in [0.1, 0.15) is 0 Å². The Morgan fingerprint density at radius 3 is 0.960 bits per heavy atom. The summed E-state index contributed by atoms with van der Waals surface area (Å²) < 4.78 is 0. The Labute approximate surface area is 163 Å². The van der Waals surface area contributed by atoms with Gasteiger partial charge in [0, 0.05) is 0 Å². The maximum atomic E-state index is 11.0. The molecule has 0 aliphatic carbocycles. The van der Waals surface area contributed by atoms with Crippen LogP contribution in [-0.4, -0.2) is 11.9 Å². The molecule has 6 nitrogen and oxygen atoms in total. The van der Waals surface area contributed by atoms with Crippen molar-refractivity contribution in [3.63, 3.8) is 0 Å². The Kier molecular flexibility index (Phi) is 12.3. The second-order valence-electron chi connectivity index (χ2n) is 9.98. The van der Waals surface area contributed by atoms with Crippen molar-refractivity contribution in [1.82, 2.24) is 0 Å². The second-order valence-corrected chi connectivity index (χ2v) is 9.98. The normalized spacial score (nSPS) is 12.3. The van der Waals surface area contributed by atoms with E-state index in [0.717, 1.165) is 0 Å². The molecule has 0 atom stereocenters. The number of hydrogen-bond donors (Lipinski definition) is 0. The Morgan fingerprint density at radius 1 is 0.640 bits per heavy atom. The SMILES string of the molecule is CC(C)(C)CC(C)(C)C(=O)O[O-].CC(C)(C)CC(C)(C)C(=O)O[O-].[Fe+2]. The van der Waals surface area contributed by atoms with Crippen LogP contribution in [0.5, 0.6) is 0 Å². The Bertz CT molecular complexity index is 376. The molecule has 0 bridgehead atoms. The molecule has 0 aliphatic rings. The molecule has 0 unspecified atom stereocenters. The third-order valence-corrected chi connectivity index (χ3v) is 3.20. The van der Waals surface area contributed by atoms with Gasteiger partial charge < -0.3 is 20.3 Å². The largest absolute Gasteiger partial charge is 2.00 e. The van der Waals surface area contributed by atoms with Crippen LogP contribution < -0.4 is 10.5 Å². The molecule has 25 heavy (non-hydrogen) atoms. The van der Waals surface area contributed by atoms with E-state index in [9.17, 15) is 20.1 Å². The molecule has 7 heteroatoms. The van der Waals surface area contributed by atoms with E-state index < -0.39 is 22.8 Å². The summed E-state index contributed by atoms with van der Waals surface area (Å²) in [6.07, 6.45) is 1.28. The molecule has 0 aromatic rings. The minimum Gasteiger partial charge on any atom is -0.662 e. The average molecular weight is 402 g/mol. The van der Waals surface area contributed by atoms with E-state index in [1.807, 2.05) is 41.5 Å². The zero-order valence-electron chi connectivity index (χ0n) is 17.2. The van der Waals surface area contributed by atoms with Crippen LogP contribution in [0.15, 0.2) is 0 Å². The number of hydrogen-bond acceptors (Lipinski definition) is 6. The molecule has 0 saturated carbocycles. The number of carbonyl (C=O) groups is 2. The summed E-state index contributed by atoms with van der Waals surface area (Å²) in [5.41, 5.74) is -1.31. The Morgan fingerprint density at radius 2 is 0.840 bits per heavy atom. The first-order valence-electron chi connectivity index (χ1n) is 8.06. The van der Waals surface area contributed by atoms with Crippen LogP contribution in [0.25, 0.3) is 0 Å². The molecular formula is C18H34FeO6.